The number of anilines is 1. The molecule has 0 saturated heterocycles. The van der Waals surface area contributed by atoms with Crippen molar-refractivity contribution in [2.45, 2.75) is 39.3 Å². The predicted octanol–water partition coefficient (Wildman–Crippen LogP) is 4.75. The summed E-state index contributed by atoms with van der Waals surface area (Å²) in [5.74, 6) is -0.906. The van der Waals surface area contributed by atoms with E-state index in [1.54, 1.807) is 37.3 Å². The van der Waals surface area contributed by atoms with E-state index in [-0.39, 0.29) is 28.2 Å². The topological polar surface area (TPSA) is 86.8 Å². The molecule has 1 atom stereocenters. The van der Waals surface area contributed by atoms with Crippen LogP contribution in [0.1, 0.15) is 32.3 Å². The first kappa shape index (κ1) is 28.2. The van der Waals surface area contributed by atoms with E-state index in [2.05, 4.69) is 5.32 Å². The molecule has 1 N–H and O–H groups in total. The first-order valence-corrected chi connectivity index (χ1v) is 13.7. The zero-order chi connectivity index (χ0) is 25.5. The van der Waals surface area contributed by atoms with Gasteiger partial charge in [0.05, 0.1) is 22.0 Å². The fraction of sp³-hybridized carbons (Fsp3) is 0.391. The van der Waals surface area contributed by atoms with Crippen LogP contribution < -0.4 is 9.62 Å². The van der Waals surface area contributed by atoms with Gasteiger partial charge in [-0.3, -0.25) is 13.9 Å². The summed E-state index contributed by atoms with van der Waals surface area (Å²) < 4.78 is 26.2. The van der Waals surface area contributed by atoms with Gasteiger partial charge in [-0.2, -0.15) is 0 Å². The third-order valence-corrected chi connectivity index (χ3v) is 7.42. The van der Waals surface area contributed by atoms with Gasteiger partial charge in [0.15, 0.2) is 0 Å². The lowest BCUT2D eigenvalue weighted by atomic mass is 10.1. The molecule has 0 saturated carbocycles. The Hall–Kier alpha value is -2.00. The maximum absolute atomic E-state index is 13.6. The van der Waals surface area contributed by atoms with Crippen molar-refractivity contribution in [2.75, 3.05) is 23.7 Å². The monoisotopic (exact) mass is 547 g/mol. The minimum absolute atomic E-state index is 0.00720. The summed E-state index contributed by atoms with van der Waals surface area (Å²) in [6.45, 7) is 3.62. The molecule has 2 aromatic carbocycles. The van der Waals surface area contributed by atoms with Gasteiger partial charge in [-0.05, 0) is 36.6 Å². The molecule has 7 nitrogen and oxygen atoms in total. The Morgan fingerprint density at radius 2 is 1.65 bits per heavy atom. The van der Waals surface area contributed by atoms with Gasteiger partial charge in [0.25, 0.3) is 0 Å². The Bertz CT molecular complexity index is 1130. The Labute approximate surface area is 216 Å². The average molecular weight is 549 g/mol. The second-order valence-corrected chi connectivity index (χ2v) is 10.8. The van der Waals surface area contributed by atoms with Gasteiger partial charge in [-0.15, -0.1) is 0 Å². The molecule has 11 heteroatoms. The summed E-state index contributed by atoms with van der Waals surface area (Å²) in [5.41, 5.74) is 0.706. The summed E-state index contributed by atoms with van der Waals surface area (Å²) in [6.07, 6.45) is 2.03. The lowest BCUT2D eigenvalue weighted by Crippen LogP contribution is -2.52. The molecule has 0 unspecified atom stereocenters. The largest absolute Gasteiger partial charge is 0.354 e. The van der Waals surface area contributed by atoms with Crippen LogP contribution in [0.3, 0.4) is 0 Å². The number of amides is 2. The molecule has 0 aliphatic rings. The van der Waals surface area contributed by atoms with Crippen molar-refractivity contribution in [2.24, 2.45) is 0 Å². The van der Waals surface area contributed by atoms with Crippen molar-refractivity contribution < 1.29 is 18.0 Å². The van der Waals surface area contributed by atoms with Gasteiger partial charge < -0.3 is 10.2 Å². The van der Waals surface area contributed by atoms with Crippen LogP contribution in [-0.4, -0.2) is 50.5 Å². The van der Waals surface area contributed by atoms with E-state index in [0.29, 0.717) is 23.6 Å². The van der Waals surface area contributed by atoms with Crippen molar-refractivity contribution in [1.29, 1.82) is 0 Å². The summed E-state index contributed by atoms with van der Waals surface area (Å²) in [6, 6.07) is 10.7. The number of nitrogens with one attached hydrogen (secondary N) is 1. The second kappa shape index (κ2) is 12.6. The quantitative estimate of drug-likeness (QED) is 0.439. The fourth-order valence-corrected chi connectivity index (χ4v) is 4.87. The number of hydrogen-bond donors (Lipinski definition) is 1. The van der Waals surface area contributed by atoms with E-state index < -0.39 is 28.5 Å². The number of carbonyl (C=O) groups excluding carboxylic acids is 2. The lowest BCUT2D eigenvalue weighted by molar-refractivity contribution is -0.140. The minimum atomic E-state index is -3.92. The van der Waals surface area contributed by atoms with Crippen molar-refractivity contribution in [1.82, 2.24) is 10.2 Å². The van der Waals surface area contributed by atoms with Crippen molar-refractivity contribution >= 4 is 62.3 Å². The highest BCUT2D eigenvalue weighted by Crippen LogP contribution is 2.34. The van der Waals surface area contributed by atoms with Crippen molar-refractivity contribution in [3.8, 4) is 0 Å². The molecule has 2 rings (SSSR count). The van der Waals surface area contributed by atoms with E-state index in [0.717, 1.165) is 17.0 Å². The zero-order valence-corrected chi connectivity index (χ0v) is 22.3. The number of rotatable bonds is 11. The van der Waals surface area contributed by atoms with Gasteiger partial charge in [-0.25, -0.2) is 8.42 Å². The van der Waals surface area contributed by atoms with Crippen LogP contribution in [0.15, 0.2) is 42.5 Å². The number of carbonyl (C=O) groups is 2. The molecule has 0 bridgehead atoms. The Morgan fingerprint density at radius 1 is 1.00 bits per heavy atom. The fourth-order valence-electron chi connectivity index (χ4n) is 3.38. The van der Waals surface area contributed by atoms with E-state index in [1.165, 1.54) is 17.0 Å². The number of hydrogen-bond acceptors (Lipinski definition) is 4. The Balaban J connectivity index is 2.48. The Kier molecular flexibility index (Phi) is 10.5. The molecule has 34 heavy (non-hydrogen) atoms. The van der Waals surface area contributed by atoms with Crippen LogP contribution in [0.2, 0.25) is 15.1 Å². The molecule has 0 spiro atoms. The molecule has 0 aliphatic heterocycles. The first-order valence-electron chi connectivity index (χ1n) is 10.7. The van der Waals surface area contributed by atoms with Crippen LogP contribution in [0, 0.1) is 0 Å². The highest BCUT2D eigenvalue weighted by molar-refractivity contribution is 7.92. The van der Waals surface area contributed by atoms with E-state index in [4.69, 9.17) is 34.8 Å². The minimum Gasteiger partial charge on any atom is -0.354 e. The smallest absolute Gasteiger partial charge is 0.244 e. The predicted molar refractivity (Wildman–Crippen MR) is 138 cm³/mol. The standard InChI is InChI=1S/C23H28Cl3N3O4S/c1-4-13-27-23(31)19(5-2)28(14-16-9-6-7-10-17(16)24)21(30)15-29(34(3,32)33)20-12-8-11-18(25)22(20)26/h6-12,19H,4-5,13-15H2,1-3H3,(H,27,31)/t19-/m0/s1. The van der Waals surface area contributed by atoms with E-state index >= 15 is 0 Å². The number of sulfonamides is 1. The van der Waals surface area contributed by atoms with Crippen molar-refractivity contribution in [3.05, 3.63) is 63.1 Å². The third kappa shape index (κ3) is 7.25. The van der Waals surface area contributed by atoms with Crippen molar-refractivity contribution in [3.63, 3.8) is 0 Å². The number of benzene rings is 2. The van der Waals surface area contributed by atoms with E-state index in [1.807, 2.05) is 6.92 Å². The third-order valence-electron chi connectivity index (χ3n) is 5.11. The SMILES string of the molecule is CCCNC(=O)[C@H](CC)N(Cc1ccccc1Cl)C(=O)CN(c1cccc(Cl)c1Cl)S(C)(=O)=O. The van der Waals surface area contributed by atoms with Gasteiger partial charge >= 0.3 is 0 Å². The molecular formula is C23H28Cl3N3O4S. The van der Waals surface area contributed by atoms with E-state index in [9.17, 15) is 18.0 Å². The maximum Gasteiger partial charge on any atom is 0.244 e. The maximum atomic E-state index is 13.6. The molecule has 0 aliphatic carbocycles. The first-order chi connectivity index (χ1) is 16.0. The van der Waals surface area contributed by atoms with Gasteiger partial charge in [0.1, 0.15) is 12.6 Å². The average Bonchev–Trinajstić information content (AvgIpc) is 2.78. The van der Waals surface area contributed by atoms with Gasteiger partial charge in [0, 0.05) is 18.1 Å². The second-order valence-electron chi connectivity index (χ2n) is 7.67. The van der Waals surface area contributed by atoms with Gasteiger partial charge in [0.2, 0.25) is 21.8 Å². The summed E-state index contributed by atoms with van der Waals surface area (Å²) in [4.78, 5) is 27.8. The number of nitrogens with zero attached hydrogens (tertiary/aromatic N) is 2. The molecule has 0 heterocycles. The molecule has 0 radical (unpaired) electrons. The zero-order valence-electron chi connectivity index (χ0n) is 19.2. The van der Waals surface area contributed by atoms with Crippen LogP contribution in [0.5, 0.6) is 0 Å². The summed E-state index contributed by atoms with van der Waals surface area (Å²) in [7, 11) is -3.92. The summed E-state index contributed by atoms with van der Waals surface area (Å²) >= 11 is 18.7. The molecule has 186 valence electrons. The molecular weight excluding hydrogens is 521 g/mol. The summed E-state index contributed by atoms with van der Waals surface area (Å²) in [5, 5.41) is 3.41. The highest BCUT2D eigenvalue weighted by atomic mass is 35.5. The van der Waals surface area contributed by atoms with Crippen LogP contribution in [0.25, 0.3) is 0 Å². The number of halogens is 3. The molecule has 0 fully saturated rings. The highest BCUT2D eigenvalue weighted by Gasteiger charge is 2.32. The lowest BCUT2D eigenvalue weighted by Gasteiger charge is -2.33. The molecule has 2 aromatic rings. The van der Waals surface area contributed by atoms with Crippen LogP contribution in [-0.2, 0) is 26.2 Å². The normalized spacial score (nSPS) is 12.2. The molecule has 2 amide bonds. The molecule has 0 aromatic heterocycles. The van der Waals surface area contributed by atoms with Gasteiger partial charge in [-0.1, -0.05) is 72.9 Å². The van der Waals surface area contributed by atoms with Crippen LogP contribution in [0.4, 0.5) is 5.69 Å². The Morgan fingerprint density at radius 3 is 2.24 bits per heavy atom. The van der Waals surface area contributed by atoms with Crippen LogP contribution >= 0.6 is 34.8 Å².